The lowest BCUT2D eigenvalue weighted by Crippen LogP contribution is -2.11. The van der Waals surface area contributed by atoms with Gasteiger partial charge in [-0.1, -0.05) is 87.1 Å². The maximum atomic E-state index is 6.01. The van der Waals surface area contributed by atoms with Gasteiger partial charge in [-0.3, -0.25) is 4.57 Å². The molecule has 0 aliphatic carbocycles. The molecule has 0 amide bonds. The van der Waals surface area contributed by atoms with E-state index in [0.717, 1.165) is 23.2 Å². The minimum atomic E-state index is -0.177. The summed E-state index contributed by atoms with van der Waals surface area (Å²) >= 11 is 1.54. The fourth-order valence-corrected chi connectivity index (χ4v) is 3.97. The lowest BCUT2D eigenvalue weighted by Gasteiger charge is -2.11. The quantitative estimate of drug-likeness (QED) is 0.306. The van der Waals surface area contributed by atoms with Gasteiger partial charge in [0.15, 0.2) is 16.8 Å². The van der Waals surface area contributed by atoms with Gasteiger partial charge >= 0.3 is 0 Å². The lowest BCUT2D eigenvalue weighted by atomic mass is 9.97. The zero-order valence-corrected chi connectivity index (χ0v) is 20.3. The third kappa shape index (κ3) is 6.01. The Morgan fingerprint density at radius 3 is 2.39 bits per heavy atom. The first-order chi connectivity index (χ1) is 15.9. The Labute approximate surface area is 198 Å². The predicted molar refractivity (Wildman–Crippen MR) is 128 cm³/mol. The van der Waals surface area contributed by atoms with Crippen LogP contribution in [-0.2, 0) is 30.7 Å². The molecule has 4 rings (SSSR count). The molecule has 0 saturated carbocycles. The molecule has 7 nitrogen and oxygen atoms in total. The average molecular weight is 464 g/mol. The topological polar surface area (TPSA) is 78.9 Å². The highest BCUT2D eigenvalue weighted by Gasteiger charge is 2.22. The molecule has 172 valence electrons. The molecule has 4 aromatic rings. The third-order valence-electron chi connectivity index (χ3n) is 5.12. The van der Waals surface area contributed by atoms with Crippen LogP contribution >= 0.6 is 11.8 Å². The van der Waals surface area contributed by atoms with Gasteiger partial charge < -0.3 is 9.26 Å². The summed E-state index contributed by atoms with van der Waals surface area (Å²) in [4.78, 5) is 4.53. The highest BCUT2D eigenvalue weighted by atomic mass is 32.2. The molecule has 0 radical (unpaired) electrons. The van der Waals surface area contributed by atoms with Crippen LogP contribution in [-0.4, -0.2) is 24.9 Å². The van der Waals surface area contributed by atoms with Crippen LogP contribution < -0.4 is 4.74 Å². The van der Waals surface area contributed by atoms with Crippen LogP contribution in [0.2, 0.25) is 0 Å². The molecule has 0 atom stereocenters. The molecule has 0 saturated heterocycles. The predicted octanol–water partition coefficient (Wildman–Crippen LogP) is 5.44. The summed E-state index contributed by atoms with van der Waals surface area (Å²) in [5.41, 5.74) is 2.27. The number of aryl methyl sites for hydroxylation is 1. The van der Waals surface area contributed by atoms with Crippen molar-refractivity contribution in [1.29, 1.82) is 0 Å². The molecule has 33 heavy (non-hydrogen) atoms. The highest BCUT2D eigenvalue weighted by Crippen LogP contribution is 2.25. The molecule has 0 aliphatic rings. The van der Waals surface area contributed by atoms with E-state index in [-0.39, 0.29) is 5.41 Å². The Morgan fingerprint density at radius 1 is 0.970 bits per heavy atom. The number of aromatic nitrogens is 5. The van der Waals surface area contributed by atoms with Crippen molar-refractivity contribution in [2.45, 2.75) is 63.6 Å². The van der Waals surface area contributed by atoms with Crippen molar-refractivity contribution in [3.05, 3.63) is 83.3 Å². The molecule has 2 aromatic heterocycles. The second-order valence-electron chi connectivity index (χ2n) is 8.81. The average Bonchev–Trinajstić information content (AvgIpc) is 3.45. The molecular weight excluding hydrogens is 434 g/mol. The first-order valence-corrected chi connectivity index (χ1v) is 12.0. The minimum absolute atomic E-state index is 0.177. The number of rotatable bonds is 9. The van der Waals surface area contributed by atoms with Gasteiger partial charge in [-0.25, -0.2) is 0 Å². The summed E-state index contributed by atoms with van der Waals surface area (Å²) in [6.07, 6.45) is 1.00. The Morgan fingerprint density at radius 2 is 1.73 bits per heavy atom. The molecule has 0 aliphatic heterocycles. The van der Waals surface area contributed by atoms with Crippen molar-refractivity contribution in [2.75, 3.05) is 0 Å². The Hall–Kier alpha value is -3.13. The number of ether oxygens (including phenoxy) is 1. The van der Waals surface area contributed by atoms with Gasteiger partial charge in [0.1, 0.15) is 12.4 Å². The van der Waals surface area contributed by atoms with Crippen LogP contribution in [0.4, 0.5) is 0 Å². The number of thioether (sulfide) groups is 1. The van der Waals surface area contributed by atoms with E-state index in [2.05, 4.69) is 76.9 Å². The summed E-state index contributed by atoms with van der Waals surface area (Å²) in [5.74, 6) is 3.41. The highest BCUT2D eigenvalue weighted by molar-refractivity contribution is 7.98. The monoisotopic (exact) mass is 463 g/mol. The van der Waals surface area contributed by atoms with Gasteiger partial charge in [0, 0.05) is 5.41 Å². The van der Waals surface area contributed by atoms with E-state index in [1.165, 1.54) is 22.9 Å². The molecule has 8 heteroatoms. The molecule has 2 heterocycles. The van der Waals surface area contributed by atoms with Crippen LogP contribution in [0.1, 0.15) is 56.4 Å². The zero-order chi connectivity index (χ0) is 23.3. The van der Waals surface area contributed by atoms with Crippen molar-refractivity contribution in [1.82, 2.24) is 24.9 Å². The van der Waals surface area contributed by atoms with E-state index in [4.69, 9.17) is 9.26 Å². The largest absolute Gasteiger partial charge is 0.486 e. The van der Waals surface area contributed by atoms with Gasteiger partial charge in [-0.2, -0.15) is 4.98 Å². The van der Waals surface area contributed by atoms with E-state index < -0.39 is 0 Å². The summed E-state index contributed by atoms with van der Waals surface area (Å²) in [7, 11) is 0. The van der Waals surface area contributed by atoms with Crippen LogP contribution in [0.25, 0.3) is 0 Å². The van der Waals surface area contributed by atoms with E-state index in [1.54, 1.807) is 0 Å². The molecule has 0 fully saturated rings. The standard InChI is InChI=1S/C25H29N5O2S/c1-5-18-11-13-20(14-12-18)31-16-22-27-28-24(30(22)15-19-9-7-6-8-10-19)33-17-21-26-23(32-29-21)25(2,3)4/h6-14H,5,15-17H2,1-4H3. The summed E-state index contributed by atoms with van der Waals surface area (Å²) in [6, 6.07) is 18.4. The number of hydrogen-bond donors (Lipinski definition) is 0. The first-order valence-electron chi connectivity index (χ1n) is 11.1. The fraction of sp³-hybridized carbons (Fsp3) is 0.360. The summed E-state index contributed by atoms with van der Waals surface area (Å²) < 4.78 is 13.5. The van der Waals surface area contributed by atoms with Crippen LogP contribution in [0.15, 0.2) is 64.3 Å². The Kier molecular flexibility index (Phi) is 7.13. The second kappa shape index (κ2) is 10.2. The van der Waals surface area contributed by atoms with Crippen molar-refractivity contribution in [3.63, 3.8) is 0 Å². The SMILES string of the molecule is CCc1ccc(OCc2nnc(SCc3noc(C(C)(C)C)n3)n2Cc2ccccc2)cc1. The van der Waals surface area contributed by atoms with Gasteiger partial charge in [0.25, 0.3) is 0 Å². The van der Waals surface area contributed by atoms with Crippen LogP contribution in [0.3, 0.4) is 0 Å². The smallest absolute Gasteiger partial charge is 0.232 e. The summed E-state index contributed by atoms with van der Waals surface area (Å²) in [6.45, 7) is 9.28. The first kappa shape index (κ1) is 23.0. The van der Waals surface area contributed by atoms with Gasteiger partial charge in [-0.15, -0.1) is 10.2 Å². The maximum absolute atomic E-state index is 6.01. The number of nitrogens with zero attached hydrogens (tertiary/aromatic N) is 5. The Bertz CT molecular complexity index is 1160. The van der Waals surface area contributed by atoms with Gasteiger partial charge in [0.2, 0.25) is 5.89 Å². The molecular formula is C25H29N5O2S. The zero-order valence-electron chi connectivity index (χ0n) is 19.5. The van der Waals surface area contributed by atoms with E-state index in [9.17, 15) is 0 Å². The van der Waals surface area contributed by atoms with Crippen molar-refractivity contribution < 1.29 is 9.26 Å². The summed E-state index contributed by atoms with van der Waals surface area (Å²) in [5, 5.41) is 13.8. The van der Waals surface area contributed by atoms with Gasteiger partial charge in [-0.05, 0) is 29.7 Å². The van der Waals surface area contributed by atoms with E-state index in [1.807, 2.05) is 30.3 Å². The number of benzene rings is 2. The molecule has 0 unspecified atom stereocenters. The minimum Gasteiger partial charge on any atom is -0.486 e. The molecule has 0 bridgehead atoms. The Balaban J connectivity index is 1.50. The van der Waals surface area contributed by atoms with Gasteiger partial charge in [0.05, 0.1) is 12.3 Å². The normalized spacial score (nSPS) is 11.6. The van der Waals surface area contributed by atoms with E-state index in [0.29, 0.717) is 30.6 Å². The van der Waals surface area contributed by atoms with Crippen molar-refractivity contribution in [2.24, 2.45) is 0 Å². The maximum Gasteiger partial charge on any atom is 0.232 e. The fourth-order valence-electron chi connectivity index (χ4n) is 3.17. The van der Waals surface area contributed by atoms with Crippen molar-refractivity contribution >= 4 is 11.8 Å². The van der Waals surface area contributed by atoms with E-state index >= 15 is 0 Å². The number of hydrogen-bond acceptors (Lipinski definition) is 7. The van der Waals surface area contributed by atoms with Crippen molar-refractivity contribution in [3.8, 4) is 5.75 Å². The van der Waals surface area contributed by atoms with Crippen LogP contribution in [0.5, 0.6) is 5.75 Å². The molecule has 0 spiro atoms. The molecule has 2 aromatic carbocycles. The molecule has 0 N–H and O–H groups in total. The second-order valence-corrected chi connectivity index (χ2v) is 9.75. The van der Waals surface area contributed by atoms with Crippen LogP contribution in [0, 0.1) is 0 Å². The third-order valence-corrected chi connectivity index (χ3v) is 6.08. The lowest BCUT2D eigenvalue weighted by molar-refractivity contribution is 0.289.